The summed E-state index contributed by atoms with van der Waals surface area (Å²) in [5.74, 6) is -0.133. The largest absolute Gasteiger partial charge is 0.333 e. The van der Waals surface area contributed by atoms with Crippen LogP contribution in [0.5, 0.6) is 0 Å². The van der Waals surface area contributed by atoms with E-state index in [0.29, 0.717) is 31.0 Å². The second kappa shape index (κ2) is 10.6. The third-order valence-electron chi connectivity index (χ3n) is 8.79. The number of benzene rings is 1. The van der Waals surface area contributed by atoms with Crippen molar-refractivity contribution in [1.82, 2.24) is 14.9 Å². The molecule has 1 saturated carbocycles. The van der Waals surface area contributed by atoms with Crippen molar-refractivity contribution in [2.45, 2.75) is 56.8 Å². The summed E-state index contributed by atoms with van der Waals surface area (Å²) in [5.41, 5.74) is 1.82. The molecule has 2 aliphatic carbocycles. The van der Waals surface area contributed by atoms with Crippen LogP contribution in [0.2, 0.25) is 0 Å². The van der Waals surface area contributed by atoms with Gasteiger partial charge in [-0.05, 0) is 61.9 Å². The first kappa shape index (κ1) is 27.0. The van der Waals surface area contributed by atoms with Gasteiger partial charge in [0, 0.05) is 41.9 Å². The van der Waals surface area contributed by atoms with Gasteiger partial charge in [0.25, 0.3) is 0 Å². The van der Waals surface area contributed by atoms with Gasteiger partial charge in [-0.3, -0.25) is 14.4 Å². The van der Waals surface area contributed by atoms with E-state index in [1.165, 1.54) is 18.2 Å². The van der Waals surface area contributed by atoms with E-state index in [9.17, 15) is 23.2 Å². The molecule has 2 spiro atoms. The Labute approximate surface area is 236 Å². The van der Waals surface area contributed by atoms with Crippen LogP contribution < -0.4 is 10.6 Å². The smallest absolute Gasteiger partial charge is 0.245 e. The molecule has 41 heavy (non-hydrogen) atoms. The van der Waals surface area contributed by atoms with Crippen molar-refractivity contribution in [2.24, 2.45) is 5.41 Å². The highest BCUT2D eigenvalue weighted by Gasteiger charge is 2.51. The lowest BCUT2D eigenvalue weighted by molar-refractivity contribution is -0.148. The third kappa shape index (κ3) is 5.07. The quantitative estimate of drug-likeness (QED) is 0.490. The number of likely N-dealkylation sites (tertiary alicyclic amines) is 1. The highest BCUT2D eigenvalue weighted by Crippen LogP contribution is 2.47. The van der Waals surface area contributed by atoms with Crippen molar-refractivity contribution < 1.29 is 23.2 Å². The number of piperidine rings is 1. The molecule has 1 saturated heterocycles. The zero-order chi connectivity index (χ0) is 28.6. The van der Waals surface area contributed by atoms with Crippen LogP contribution in [-0.2, 0) is 32.6 Å². The van der Waals surface area contributed by atoms with E-state index in [1.54, 1.807) is 17.2 Å². The maximum atomic E-state index is 13.1. The van der Waals surface area contributed by atoms with Gasteiger partial charge in [0.2, 0.25) is 17.7 Å². The summed E-state index contributed by atoms with van der Waals surface area (Å²) in [6, 6.07) is 12.1. The van der Waals surface area contributed by atoms with E-state index >= 15 is 0 Å². The first-order valence-corrected chi connectivity index (χ1v) is 14.0. The number of nitrogens with one attached hydrogen (secondary N) is 2. The summed E-state index contributed by atoms with van der Waals surface area (Å²) in [7, 11) is 0. The predicted octanol–water partition coefficient (Wildman–Crippen LogP) is 4.55. The molecule has 3 aromatic rings. The van der Waals surface area contributed by atoms with Crippen molar-refractivity contribution in [3.8, 4) is 0 Å². The average Bonchev–Trinajstić information content (AvgIpc) is 3.64. The van der Waals surface area contributed by atoms with E-state index < -0.39 is 17.0 Å². The van der Waals surface area contributed by atoms with Crippen LogP contribution in [0.4, 0.5) is 20.4 Å². The third-order valence-corrected chi connectivity index (χ3v) is 8.79. The van der Waals surface area contributed by atoms with Crippen LogP contribution >= 0.6 is 0 Å². The standard InChI is InChI=1S/C25H27N5O3.C6H4F2/c31-20(15-30-12-4-10-24(23(30)33)8-1-2-9-24)28-19-7-6-16-13-25(14-18(16)27-19)17-5-3-11-26-21(17)29-22(25)32;7-5-2-1-3-6(8)4-5/h3,5-7,11H,1-2,4,8-10,12-15H2,(H,26,29,32)(H,27,28,31);1-4H. The number of hydrogen-bond acceptors (Lipinski definition) is 5. The molecule has 3 amide bonds. The SMILES string of the molecule is Fc1cccc(F)c1.O=C(CN1CCCC2(CCCC2)C1=O)Nc1ccc2c(n1)CC1(C2)C(=O)Nc2ncccc21. The molecule has 8 nitrogen and oxygen atoms in total. The Morgan fingerprint density at radius 2 is 1.73 bits per heavy atom. The number of fused-ring (bicyclic) bond motifs is 3. The number of carbonyl (C=O) groups is 3. The zero-order valence-corrected chi connectivity index (χ0v) is 22.6. The number of halogens is 2. The van der Waals surface area contributed by atoms with Gasteiger partial charge in [-0.15, -0.1) is 0 Å². The fraction of sp³-hybridized carbons (Fsp3) is 0.387. The molecule has 2 aromatic heterocycles. The predicted molar refractivity (Wildman–Crippen MR) is 148 cm³/mol. The highest BCUT2D eigenvalue weighted by molar-refractivity contribution is 6.06. The molecular formula is C31H31F2N5O3. The topological polar surface area (TPSA) is 104 Å². The molecule has 2 aliphatic heterocycles. The minimum atomic E-state index is -0.683. The molecule has 1 unspecified atom stereocenters. The van der Waals surface area contributed by atoms with Gasteiger partial charge < -0.3 is 15.5 Å². The van der Waals surface area contributed by atoms with E-state index in [-0.39, 0.29) is 29.7 Å². The second-order valence-electron chi connectivity index (χ2n) is 11.4. The summed E-state index contributed by atoms with van der Waals surface area (Å²) in [6.07, 6.45) is 8.72. The van der Waals surface area contributed by atoms with Crippen molar-refractivity contribution in [1.29, 1.82) is 0 Å². The molecule has 1 atom stereocenters. The lowest BCUT2D eigenvalue weighted by Gasteiger charge is -2.39. The maximum Gasteiger partial charge on any atom is 0.245 e. The Morgan fingerprint density at radius 1 is 0.976 bits per heavy atom. The van der Waals surface area contributed by atoms with Crippen LogP contribution in [-0.4, -0.2) is 45.7 Å². The van der Waals surface area contributed by atoms with Gasteiger partial charge >= 0.3 is 0 Å². The van der Waals surface area contributed by atoms with E-state index in [2.05, 4.69) is 20.6 Å². The maximum absolute atomic E-state index is 13.1. The Bertz CT molecular complexity index is 1510. The molecule has 4 aliphatic rings. The molecule has 7 rings (SSSR count). The number of amides is 3. The zero-order valence-electron chi connectivity index (χ0n) is 22.6. The Kier molecular flexibility index (Phi) is 7.01. The molecular weight excluding hydrogens is 528 g/mol. The Morgan fingerprint density at radius 3 is 2.46 bits per heavy atom. The molecule has 2 fully saturated rings. The number of nitrogens with zero attached hydrogens (tertiary/aromatic N) is 3. The van der Waals surface area contributed by atoms with Crippen molar-refractivity contribution in [3.63, 3.8) is 0 Å². The second-order valence-corrected chi connectivity index (χ2v) is 11.4. The monoisotopic (exact) mass is 559 g/mol. The molecule has 0 bridgehead atoms. The van der Waals surface area contributed by atoms with Crippen LogP contribution in [0.1, 0.15) is 55.3 Å². The van der Waals surface area contributed by atoms with Gasteiger partial charge in [0.15, 0.2) is 0 Å². The molecule has 2 N–H and O–H groups in total. The molecule has 1 aromatic carbocycles. The Hall–Kier alpha value is -4.21. The molecule has 10 heteroatoms. The average molecular weight is 560 g/mol. The fourth-order valence-corrected chi connectivity index (χ4v) is 6.81. The number of carbonyl (C=O) groups excluding carboxylic acids is 3. The first-order valence-electron chi connectivity index (χ1n) is 14.0. The van der Waals surface area contributed by atoms with Crippen LogP contribution in [0, 0.1) is 17.0 Å². The van der Waals surface area contributed by atoms with Crippen LogP contribution in [0.3, 0.4) is 0 Å². The number of anilines is 2. The number of hydrogen-bond donors (Lipinski definition) is 2. The van der Waals surface area contributed by atoms with Crippen molar-refractivity contribution >= 4 is 29.4 Å². The van der Waals surface area contributed by atoms with Crippen molar-refractivity contribution in [3.05, 3.63) is 83.2 Å². The summed E-state index contributed by atoms with van der Waals surface area (Å²) in [6.45, 7) is 0.696. The fourth-order valence-electron chi connectivity index (χ4n) is 6.81. The molecule has 0 radical (unpaired) electrons. The summed E-state index contributed by atoms with van der Waals surface area (Å²) >= 11 is 0. The number of rotatable bonds is 3. The summed E-state index contributed by atoms with van der Waals surface area (Å²) in [5, 5.41) is 5.77. The van der Waals surface area contributed by atoms with Crippen LogP contribution in [0.15, 0.2) is 54.7 Å². The first-order chi connectivity index (χ1) is 19.8. The normalized spacial score (nSPS) is 21.8. The minimum absolute atomic E-state index is 0.0516. The number of aromatic nitrogens is 2. The summed E-state index contributed by atoms with van der Waals surface area (Å²) in [4.78, 5) is 49.4. The summed E-state index contributed by atoms with van der Waals surface area (Å²) < 4.78 is 23.9. The van der Waals surface area contributed by atoms with E-state index in [0.717, 1.165) is 61.4 Å². The lowest BCUT2D eigenvalue weighted by atomic mass is 9.77. The van der Waals surface area contributed by atoms with Crippen LogP contribution in [0.25, 0.3) is 0 Å². The number of pyridine rings is 2. The van der Waals surface area contributed by atoms with Gasteiger partial charge in [-0.25, -0.2) is 18.7 Å². The molecule has 212 valence electrons. The van der Waals surface area contributed by atoms with E-state index in [4.69, 9.17) is 0 Å². The lowest BCUT2D eigenvalue weighted by Crippen LogP contribution is -2.50. The van der Waals surface area contributed by atoms with Gasteiger partial charge in [0.1, 0.15) is 23.3 Å². The van der Waals surface area contributed by atoms with Gasteiger partial charge in [0.05, 0.1) is 12.0 Å². The molecule has 4 heterocycles. The van der Waals surface area contributed by atoms with E-state index in [1.807, 2.05) is 18.2 Å². The highest BCUT2D eigenvalue weighted by atomic mass is 19.1. The van der Waals surface area contributed by atoms with Crippen molar-refractivity contribution in [2.75, 3.05) is 23.7 Å². The van der Waals surface area contributed by atoms with Gasteiger partial charge in [-0.2, -0.15) is 0 Å². The Balaban J connectivity index is 0.000000328. The van der Waals surface area contributed by atoms with Gasteiger partial charge in [-0.1, -0.05) is 31.0 Å². The minimum Gasteiger partial charge on any atom is -0.333 e.